The van der Waals surface area contributed by atoms with Gasteiger partial charge in [-0.25, -0.2) is 8.42 Å². The van der Waals surface area contributed by atoms with Crippen LogP contribution in [0.15, 0.2) is 59.8 Å². The molecular formula is C18H19N5O2S. The first kappa shape index (κ1) is 16.9. The van der Waals surface area contributed by atoms with Gasteiger partial charge in [-0.05, 0) is 24.6 Å². The molecule has 1 aliphatic heterocycles. The third-order valence-electron chi connectivity index (χ3n) is 4.54. The molecule has 1 atom stereocenters. The number of nitrogens with zero attached hydrogens (tertiary/aromatic N) is 5. The fraction of sp³-hybridized carbons (Fsp3) is 0.278. The van der Waals surface area contributed by atoms with Crippen molar-refractivity contribution in [2.75, 3.05) is 6.54 Å². The number of fused-ring (bicyclic) bond motifs is 1. The van der Waals surface area contributed by atoms with Crippen molar-refractivity contribution < 1.29 is 8.42 Å². The summed E-state index contributed by atoms with van der Waals surface area (Å²) in [4.78, 5) is 4.12. The van der Waals surface area contributed by atoms with E-state index in [9.17, 15) is 8.42 Å². The number of rotatable bonds is 4. The van der Waals surface area contributed by atoms with E-state index in [1.165, 1.54) is 10.5 Å². The van der Waals surface area contributed by atoms with Crippen LogP contribution in [0.2, 0.25) is 0 Å². The van der Waals surface area contributed by atoms with Gasteiger partial charge in [0.1, 0.15) is 16.5 Å². The minimum Gasteiger partial charge on any atom is -0.309 e. The Morgan fingerprint density at radius 1 is 1.12 bits per heavy atom. The van der Waals surface area contributed by atoms with Crippen LogP contribution in [0.25, 0.3) is 0 Å². The highest BCUT2D eigenvalue weighted by Crippen LogP contribution is 2.27. The summed E-state index contributed by atoms with van der Waals surface area (Å²) in [5, 5.41) is 8.56. The van der Waals surface area contributed by atoms with E-state index in [2.05, 4.69) is 19.7 Å². The van der Waals surface area contributed by atoms with Crippen LogP contribution in [0.3, 0.4) is 0 Å². The molecule has 3 aromatic rings. The molecular weight excluding hydrogens is 350 g/mol. The quantitative estimate of drug-likeness (QED) is 0.703. The maximum absolute atomic E-state index is 12.9. The van der Waals surface area contributed by atoms with E-state index >= 15 is 0 Å². The molecule has 7 nitrogen and oxygen atoms in total. The van der Waals surface area contributed by atoms with Gasteiger partial charge in [0, 0.05) is 31.4 Å². The summed E-state index contributed by atoms with van der Waals surface area (Å²) >= 11 is 0. The Balaban J connectivity index is 1.62. The molecule has 2 aromatic heterocycles. The fourth-order valence-corrected chi connectivity index (χ4v) is 4.75. The van der Waals surface area contributed by atoms with Gasteiger partial charge >= 0.3 is 0 Å². The number of pyridine rings is 1. The van der Waals surface area contributed by atoms with E-state index in [0.29, 0.717) is 18.8 Å². The molecule has 134 valence electrons. The second kappa shape index (κ2) is 6.62. The molecule has 0 saturated carbocycles. The largest absolute Gasteiger partial charge is 0.309 e. The summed E-state index contributed by atoms with van der Waals surface area (Å²) in [5.41, 5.74) is 1.15. The van der Waals surface area contributed by atoms with Crippen molar-refractivity contribution in [3.8, 4) is 0 Å². The van der Waals surface area contributed by atoms with Gasteiger partial charge in [0.05, 0.1) is 6.54 Å². The van der Waals surface area contributed by atoms with E-state index < -0.39 is 10.0 Å². The Morgan fingerprint density at radius 3 is 2.65 bits per heavy atom. The Bertz CT molecular complexity index is 1000. The molecule has 0 unspecified atom stereocenters. The van der Waals surface area contributed by atoms with Gasteiger partial charge in [-0.2, -0.15) is 4.31 Å². The molecule has 0 saturated heterocycles. The summed E-state index contributed by atoms with van der Waals surface area (Å²) in [6, 6.07) is 13.2. The first-order chi connectivity index (χ1) is 12.6. The third-order valence-corrected chi connectivity index (χ3v) is 6.34. The van der Waals surface area contributed by atoms with Crippen LogP contribution in [0.5, 0.6) is 0 Å². The van der Waals surface area contributed by atoms with Crippen molar-refractivity contribution in [1.82, 2.24) is 24.1 Å². The molecule has 0 bridgehead atoms. The van der Waals surface area contributed by atoms with Gasteiger partial charge in [0.25, 0.3) is 0 Å². The lowest BCUT2D eigenvalue weighted by Crippen LogP contribution is -2.40. The lowest BCUT2D eigenvalue weighted by molar-refractivity contribution is 0.288. The number of hydrogen-bond donors (Lipinski definition) is 0. The van der Waals surface area contributed by atoms with Crippen LogP contribution in [-0.2, 0) is 23.0 Å². The van der Waals surface area contributed by atoms with Crippen molar-refractivity contribution in [3.05, 3.63) is 72.1 Å². The molecule has 0 radical (unpaired) electrons. The van der Waals surface area contributed by atoms with Crippen LogP contribution < -0.4 is 0 Å². The van der Waals surface area contributed by atoms with Crippen molar-refractivity contribution in [3.63, 3.8) is 0 Å². The van der Waals surface area contributed by atoms with Crippen LogP contribution >= 0.6 is 0 Å². The van der Waals surface area contributed by atoms with Crippen LogP contribution in [0.1, 0.15) is 30.2 Å². The number of benzene rings is 1. The average Bonchev–Trinajstić information content (AvgIpc) is 3.06. The predicted octanol–water partition coefficient (Wildman–Crippen LogP) is 2.03. The van der Waals surface area contributed by atoms with Crippen molar-refractivity contribution in [2.45, 2.75) is 30.8 Å². The second-order valence-electron chi connectivity index (χ2n) is 6.40. The van der Waals surface area contributed by atoms with Gasteiger partial charge in [0.2, 0.25) is 10.0 Å². The standard InChI is InChI=1S/C18H19N5O2S/c1-14-12-22(26(24,25)16-8-5-9-19-11-16)13-18-21-20-17(23(14)18)10-15-6-3-2-4-7-15/h2-9,11,14H,10,12-13H2,1H3/t14-/m0/s1. The summed E-state index contributed by atoms with van der Waals surface area (Å²) in [6.45, 7) is 2.58. The third kappa shape index (κ3) is 3.02. The molecule has 26 heavy (non-hydrogen) atoms. The first-order valence-electron chi connectivity index (χ1n) is 8.42. The van der Waals surface area contributed by atoms with E-state index in [0.717, 1.165) is 11.4 Å². The highest BCUT2D eigenvalue weighted by molar-refractivity contribution is 7.89. The molecule has 1 aliphatic rings. The van der Waals surface area contributed by atoms with Gasteiger partial charge in [-0.1, -0.05) is 30.3 Å². The molecule has 1 aromatic carbocycles. The van der Waals surface area contributed by atoms with Gasteiger partial charge in [-0.3, -0.25) is 4.98 Å². The highest BCUT2D eigenvalue weighted by atomic mass is 32.2. The molecule has 0 amide bonds. The molecule has 4 rings (SSSR count). The number of sulfonamides is 1. The first-order valence-corrected chi connectivity index (χ1v) is 9.86. The van der Waals surface area contributed by atoms with E-state index in [1.807, 2.05) is 37.3 Å². The molecule has 0 N–H and O–H groups in total. The van der Waals surface area contributed by atoms with Gasteiger partial charge < -0.3 is 4.57 Å². The second-order valence-corrected chi connectivity index (χ2v) is 8.34. The monoisotopic (exact) mass is 369 g/mol. The average molecular weight is 369 g/mol. The fourth-order valence-electron chi connectivity index (χ4n) is 3.31. The Morgan fingerprint density at radius 2 is 1.92 bits per heavy atom. The van der Waals surface area contributed by atoms with E-state index in [-0.39, 0.29) is 17.5 Å². The zero-order valence-corrected chi connectivity index (χ0v) is 15.2. The highest BCUT2D eigenvalue weighted by Gasteiger charge is 2.34. The summed E-state index contributed by atoms with van der Waals surface area (Å²) < 4.78 is 29.2. The summed E-state index contributed by atoms with van der Waals surface area (Å²) in [7, 11) is -3.60. The van der Waals surface area contributed by atoms with Crippen molar-refractivity contribution >= 4 is 10.0 Å². The van der Waals surface area contributed by atoms with E-state index in [1.54, 1.807) is 18.3 Å². The number of aromatic nitrogens is 4. The maximum atomic E-state index is 12.9. The van der Waals surface area contributed by atoms with Crippen LogP contribution in [-0.4, -0.2) is 39.0 Å². The summed E-state index contributed by atoms with van der Waals surface area (Å²) in [5.74, 6) is 1.53. The Kier molecular flexibility index (Phi) is 4.29. The van der Waals surface area contributed by atoms with Crippen molar-refractivity contribution in [2.24, 2.45) is 0 Å². The molecule has 0 spiro atoms. The lowest BCUT2D eigenvalue weighted by atomic mass is 10.1. The minimum absolute atomic E-state index is 0.0427. The smallest absolute Gasteiger partial charge is 0.245 e. The minimum atomic E-state index is -3.60. The molecule has 8 heteroatoms. The molecule has 0 fully saturated rings. The Hall–Kier alpha value is -2.58. The predicted molar refractivity (Wildman–Crippen MR) is 95.8 cm³/mol. The molecule has 3 heterocycles. The Labute approximate surface area is 152 Å². The maximum Gasteiger partial charge on any atom is 0.245 e. The van der Waals surface area contributed by atoms with Crippen LogP contribution in [0, 0.1) is 0 Å². The zero-order chi connectivity index (χ0) is 18.1. The normalized spacial score (nSPS) is 17.8. The van der Waals surface area contributed by atoms with Crippen molar-refractivity contribution in [1.29, 1.82) is 0 Å². The van der Waals surface area contributed by atoms with Gasteiger partial charge in [-0.15, -0.1) is 10.2 Å². The topological polar surface area (TPSA) is 81.0 Å². The lowest BCUT2D eigenvalue weighted by Gasteiger charge is -2.31. The SMILES string of the molecule is C[C@H]1CN(S(=O)(=O)c2cccnc2)Cc2nnc(Cc3ccccc3)n21. The van der Waals surface area contributed by atoms with E-state index in [4.69, 9.17) is 0 Å². The van der Waals surface area contributed by atoms with Gasteiger partial charge in [0.15, 0.2) is 0 Å². The molecule has 0 aliphatic carbocycles. The van der Waals surface area contributed by atoms with Crippen LogP contribution in [0.4, 0.5) is 0 Å². The number of hydrogen-bond acceptors (Lipinski definition) is 5. The zero-order valence-electron chi connectivity index (χ0n) is 14.4. The summed E-state index contributed by atoms with van der Waals surface area (Å²) in [6.07, 6.45) is 3.61.